The smallest absolute Gasteiger partial charge is 0.207 e. The third-order valence-corrected chi connectivity index (χ3v) is 3.06. The van der Waals surface area contributed by atoms with Crippen molar-refractivity contribution < 1.29 is 23.4 Å². The molecule has 0 saturated carbocycles. The highest BCUT2D eigenvalue weighted by atomic mass is 19.1. The Bertz CT molecular complexity index is 635. The average molecular weight is 307 g/mol. The first-order valence-electron chi connectivity index (χ1n) is 6.63. The van der Waals surface area contributed by atoms with E-state index in [-0.39, 0.29) is 18.9 Å². The molecular formula is C16H15F2NO3. The maximum Gasteiger partial charge on any atom is 0.207 e. The minimum atomic E-state index is -1.49. The fraction of sp³-hybridized carbons (Fsp3) is 0.188. The minimum Gasteiger partial charge on any atom is -0.486 e. The molecule has 2 rings (SSSR count). The minimum absolute atomic E-state index is 0.117. The molecule has 2 aromatic carbocycles. The number of amides is 1. The first-order chi connectivity index (χ1) is 10.6. The van der Waals surface area contributed by atoms with Gasteiger partial charge in [-0.05, 0) is 17.7 Å². The molecule has 1 atom stereocenters. The van der Waals surface area contributed by atoms with Gasteiger partial charge in [0, 0.05) is 6.54 Å². The van der Waals surface area contributed by atoms with Crippen LogP contribution in [0.5, 0.6) is 5.75 Å². The van der Waals surface area contributed by atoms with Gasteiger partial charge in [-0.15, -0.1) is 0 Å². The monoisotopic (exact) mass is 307 g/mol. The van der Waals surface area contributed by atoms with Gasteiger partial charge in [0.2, 0.25) is 6.41 Å². The summed E-state index contributed by atoms with van der Waals surface area (Å²) in [5.74, 6) is -2.04. The van der Waals surface area contributed by atoms with Crippen LogP contribution in [-0.2, 0) is 11.4 Å². The summed E-state index contributed by atoms with van der Waals surface area (Å²) >= 11 is 0. The van der Waals surface area contributed by atoms with Gasteiger partial charge in [0.05, 0.1) is 5.56 Å². The standard InChI is InChI=1S/C16H15F2NO3/c17-12-6-7-14(22-9-11-4-2-1-3-5-11)16(18)15(12)13(21)8-19-10-20/h1-7,10,13,21H,8-9H2,(H,19,20). The molecule has 0 aliphatic rings. The number of hydrogen-bond donors (Lipinski definition) is 2. The van der Waals surface area contributed by atoms with Crippen LogP contribution in [0.25, 0.3) is 0 Å². The number of nitrogens with one attached hydrogen (secondary N) is 1. The summed E-state index contributed by atoms with van der Waals surface area (Å²) in [5, 5.41) is 11.9. The quantitative estimate of drug-likeness (QED) is 0.772. The van der Waals surface area contributed by atoms with Crippen molar-refractivity contribution >= 4 is 6.41 Å². The summed E-state index contributed by atoms with van der Waals surface area (Å²) in [7, 11) is 0. The normalized spacial score (nSPS) is 11.8. The Balaban J connectivity index is 2.17. The summed E-state index contributed by atoms with van der Waals surface area (Å²) in [6.45, 7) is -0.176. The highest BCUT2D eigenvalue weighted by Gasteiger charge is 2.21. The largest absolute Gasteiger partial charge is 0.486 e. The fourth-order valence-corrected chi connectivity index (χ4v) is 1.96. The fourth-order valence-electron chi connectivity index (χ4n) is 1.96. The molecule has 0 aliphatic heterocycles. The number of carbonyl (C=O) groups excluding carboxylic acids is 1. The van der Waals surface area contributed by atoms with E-state index in [9.17, 15) is 18.7 Å². The molecule has 0 spiro atoms. The lowest BCUT2D eigenvalue weighted by atomic mass is 10.1. The number of carbonyl (C=O) groups is 1. The van der Waals surface area contributed by atoms with Crippen LogP contribution in [0, 0.1) is 11.6 Å². The molecule has 2 aromatic rings. The molecule has 6 heteroatoms. The number of benzene rings is 2. The molecule has 0 aromatic heterocycles. The van der Waals surface area contributed by atoms with Crippen molar-refractivity contribution in [3.8, 4) is 5.75 Å². The molecule has 0 saturated heterocycles. The Hall–Kier alpha value is -2.47. The topological polar surface area (TPSA) is 58.6 Å². The van der Waals surface area contributed by atoms with Crippen LogP contribution in [0.4, 0.5) is 8.78 Å². The van der Waals surface area contributed by atoms with Gasteiger partial charge >= 0.3 is 0 Å². The lowest BCUT2D eigenvalue weighted by Gasteiger charge is -2.15. The molecule has 1 unspecified atom stereocenters. The second-order valence-corrected chi connectivity index (χ2v) is 4.59. The first-order valence-corrected chi connectivity index (χ1v) is 6.63. The van der Waals surface area contributed by atoms with Crippen molar-refractivity contribution in [2.24, 2.45) is 0 Å². The van der Waals surface area contributed by atoms with Gasteiger partial charge < -0.3 is 15.2 Å². The van der Waals surface area contributed by atoms with Crippen LogP contribution in [-0.4, -0.2) is 18.1 Å². The zero-order valence-corrected chi connectivity index (χ0v) is 11.6. The molecule has 0 heterocycles. The Labute approximate surface area is 126 Å². The van der Waals surface area contributed by atoms with Crippen molar-refractivity contribution in [1.29, 1.82) is 0 Å². The Morgan fingerprint density at radius 3 is 2.59 bits per heavy atom. The van der Waals surface area contributed by atoms with Crippen LogP contribution in [0.2, 0.25) is 0 Å². The summed E-state index contributed by atoms with van der Waals surface area (Å²) in [6, 6.07) is 11.3. The number of halogens is 2. The van der Waals surface area contributed by atoms with Crippen molar-refractivity contribution in [3.63, 3.8) is 0 Å². The number of aliphatic hydroxyl groups is 1. The Kier molecular flexibility index (Phi) is 5.43. The van der Waals surface area contributed by atoms with Crippen molar-refractivity contribution in [2.75, 3.05) is 6.54 Å². The molecular weight excluding hydrogens is 292 g/mol. The Morgan fingerprint density at radius 1 is 1.18 bits per heavy atom. The number of rotatable bonds is 7. The van der Waals surface area contributed by atoms with Gasteiger partial charge in [-0.2, -0.15) is 0 Å². The molecule has 1 amide bonds. The number of hydrogen-bond acceptors (Lipinski definition) is 3. The average Bonchev–Trinajstić information content (AvgIpc) is 2.53. The van der Waals surface area contributed by atoms with Gasteiger partial charge in [0.15, 0.2) is 11.6 Å². The predicted octanol–water partition coefficient (Wildman–Crippen LogP) is 2.32. The second-order valence-electron chi connectivity index (χ2n) is 4.59. The van der Waals surface area contributed by atoms with E-state index in [4.69, 9.17) is 4.74 Å². The third-order valence-electron chi connectivity index (χ3n) is 3.06. The highest BCUT2D eigenvalue weighted by molar-refractivity contribution is 5.46. The third kappa shape index (κ3) is 3.79. The van der Waals surface area contributed by atoms with E-state index >= 15 is 0 Å². The second kappa shape index (κ2) is 7.51. The van der Waals surface area contributed by atoms with Crippen molar-refractivity contribution in [2.45, 2.75) is 12.7 Å². The molecule has 0 fully saturated rings. The van der Waals surface area contributed by atoms with E-state index in [0.717, 1.165) is 17.7 Å². The van der Waals surface area contributed by atoms with Crippen molar-refractivity contribution in [1.82, 2.24) is 5.32 Å². The van der Waals surface area contributed by atoms with Gasteiger partial charge in [-0.25, -0.2) is 8.78 Å². The molecule has 0 aliphatic carbocycles. The molecule has 2 N–H and O–H groups in total. The zero-order valence-electron chi connectivity index (χ0n) is 11.6. The molecule has 0 bridgehead atoms. The highest BCUT2D eigenvalue weighted by Crippen LogP contribution is 2.28. The predicted molar refractivity (Wildman–Crippen MR) is 76.2 cm³/mol. The summed E-state index contributed by atoms with van der Waals surface area (Å²) in [4.78, 5) is 10.2. The van der Waals surface area contributed by atoms with Crippen LogP contribution >= 0.6 is 0 Å². The van der Waals surface area contributed by atoms with Crippen LogP contribution in [0.1, 0.15) is 17.2 Å². The van der Waals surface area contributed by atoms with Gasteiger partial charge in [-0.3, -0.25) is 4.79 Å². The van der Waals surface area contributed by atoms with Gasteiger partial charge in [0.25, 0.3) is 0 Å². The van der Waals surface area contributed by atoms with E-state index < -0.39 is 23.3 Å². The van der Waals surface area contributed by atoms with E-state index in [0.29, 0.717) is 6.41 Å². The van der Waals surface area contributed by atoms with Crippen LogP contribution in [0.15, 0.2) is 42.5 Å². The summed E-state index contributed by atoms with van der Waals surface area (Å²) in [6.07, 6.45) is -1.15. The molecule has 4 nitrogen and oxygen atoms in total. The molecule has 0 radical (unpaired) electrons. The Morgan fingerprint density at radius 2 is 1.91 bits per heavy atom. The van der Waals surface area contributed by atoms with Crippen LogP contribution < -0.4 is 10.1 Å². The van der Waals surface area contributed by atoms with E-state index in [1.165, 1.54) is 0 Å². The lowest BCUT2D eigenvalue weighted by molar-refractivity contribution is -0.110. The zero-order chi connectivity index (χ0) is 15.9. The summed E-state index contributed by atoms with van der Waals surface area (Å²) < 4.78 is 33.3. The SMILES string of the molecule is O=CNCC(O)c1c(F)ccc(OCc2ccccc2)c1F. The van der Waals surface area contributed by atoms with E-state index in [2.05, 4.69) is 5.32 Å². The first kappa shape index (κ1) is 15.9. The van der Waals surface area contributed by atoms with Crippen molar-refractivity contribution in [3.05, 3.63) is 65.2 Å². The van der Waals surface area contributed by atoms with Gasteiger partial charge in [-0.1, -0.05) is 30.3 Å². The van der Waals surface area contributed by atoms with E-state index in [1.54, 1.807) is 0 Å². The lowest BCUT2D eigenvalue weighted by Crippen LogP contribution is -2.21. The maximum absolute atomic E-state index is 14.3. The summed E-state index contributed by atoms with van der Waals surface area (Å²) in [5.41, 5.74) is 0.302. The molecule has 22 heavy (non-hydrogen) atoms. The molecule has 116 valence electrons. The van der Waals surface area contributed by atoms with Gasteiger partial charge in [0.1, 0.15) is 18.5 Å². The van der Waals surface area contributed by atoms with Crippen LogP contribution in [0.3, 0.4) is 0 Å². The number of aliphatic hydroxyl groups excluding tert-OH is 1. The maximum atomic E-state index is 14.3. The van der Waals surface area contributed by atoms with E-state index in [1.807, 2.05) is 30.3 Å². The number of ether oxygens (including phenoxy) is 1.